The van der Waals surface area contributed by atoms with Gasteiger partial charge in [0.2, 0.25) is 11.8 Å². The molecule has 9 heteroatoms. The fourth-order valence-corrected chi connectivity index (χ4v) is 2.66. The molecule has 1 heterocycles. The van der Waals surface area contributed by atoms with E-state index in [9.17, 15) is 14.4 Å². The van der Waals surface area contributed by atoms with E-state index in [0.717, 1.165) is 16.9 Å². The zero-order chi connectivity index (χ0) is 21.3. The third kappa shape index (κ3) is 6.42. The lowest BCUT2D eigenvalue weighted by molar-refractivity contribution is -0.124. The van der Waals surface area contributed by atoms with Gasteiger partial charge in [0.15, 0.2) is 0 Å². The highest BCUT2D eigenvalue weighted by Crippen LogP contribution is 2.14. The molecule has 156 valence electrons. The second-order valence-electron chi connectivity index (χ2n) is 6.82. The number of hydrogen-bond donors (Lipinski definition) is 4. The molecule has 0 bridgehead atoms. The van der Waals surface area contributed by atoms with Gasteiger partial charge in [-0.25, -0.2) is 15.6 Å². The van der Waals surface area contributed by atoms with Crippen LogP contribution in [0.25, 0.3) is 0 Å². The summed E-state index contributed by atoms with van der Waals surface area (Å²) in [5, 5.41) is 6.03. The summed E-state index contributed by atoms with van der Waals surface area (Å²) in [6.45, 7) is 2.53. The normalized spacial score (nSPS) is 16.1. The first-order valence-electron chi connectivity index (χ1n) is 9.46. The molecule has 4 amide bonds. The van der Waals surface area contributed by atoms with E-state index in [1.165, 1.54) is 11.8 Å². The van der Waals surface area contributed by atoms with Crippen molar-refractivity contribution < 1.29 is 19.1 Å². The number of hydrogen-bond acceptors (Lipinski definition) is 6. The number of aryl methyl sites for hydroxylation is 1. The van der Waals surface area contributed by atoms with Crippen LogP contribution in [0.1, 0.15) is 29.5 Å². The molecule has 1 saturated heterocycles. The molecule has 1 aliphatic rings. The first-order chi connectivity index (χ1) is 14.5. The molecule has 0 aromatic heterocycles. The van der Waals surface area contributed by atoms with E-state index in [0.29, 0.717) is 6.61 Å². The van der Waals surface area contributed by atoms with Crippen LogP contribution in [0.4, 0.5) is 4.79 Å². The highest BCUT2D eigenvalue weighted by molar-refractivity contribution is 5.99. The molecule has 30 heavy (non-hydrogen) atoms. The number of carbonyl (C=O) groups is 3. The number of benzene rings is 2. The van der Waals surface area contributed by atoms with Crippen LogP contribution in [0.15, 0.2) is 53.6 Å². The highest BCUT2D eigenvalue weighted by atomic mass is 16.5. The van der Waals surface area contributed by atoms with Gasteiger partial charge in [0.05, 0.1) is 6.21 Å². The van der Waals surface area contributed by atoms with Gasteiger partial charge >= 0.3 is 6.03 Å². The van der Waals surface area contributed by atoms with E-state index < -0.39 is 18.0 Å². The number of nitrogens with one attached hydrogen (secondary N) is 4. The summed E-state index contributed by atoms with van der Waals surface area (Å²) in [7, 11) is 0. The zero-order valence-electron chi connectivity index (χ0n) is 16.5. The number of hydrazone groups is 1. The minimum absolute atomic E-state index is 0.0735. The molecule has 0 radical (unpaired) electrons. The topological polar surface area (TPSA) is 121 Å². The van der Waals surface area contributed by atoms with Gasteiger partial charge in [0.1, 0.15) is 18.4 Å². The summed E-state index contributed by atoms with van der Waals surface area (Å²) >= 11 is 0. The van der Waals surface area contributed by atoms with Crippen molar-refractivity contribution in [2.75, 3.05) is 0 Å². The molecular weight excluding hydrogens is 386 g/mol. The second kappa shape index (κ2) is 10.2. The van der Waals surface area contributed by atoms with Gasteiger partial charge in [-0.05, 0) is 48.7 Å². The molecule has 2 aromatic carbocycles. The zero-order valence-corrected chi connectivity index (χ0v) is 16.5. The van der Waals surface area contributed by atoms with Gasteiger partial charge in [0.25, 0.3) is 0 Å². The molecule has 0 saturated carbocycles. The fraction of sp³-hybridized carbons (Fsp3) is 0.238. The Morgan fingerprint density at radius 2 is 1.87 bits per heavy atom. The maximum absolute atomic E-state index is 11.9. The Morgan fingerprint density at radius 1 is 1.13 bits per heavy atom. The molecule has 0 aliphatic carbocycles. The Hall–Kier alpha value is -3.72. The maximum Gasteiger partial charge on any atom is 0.335 e. The van der Waals surface area contributed by atoms with Gasteiger partial charge in [-0.2, -0.15) is 5.10 Å². The SMILES string of the molecule is Cc1ccc(COc2ccc(/C=N\NC(=O)CCC3NNC(=O)NC3=O)cc2)cc1. The first-order valence-corrected chi connectivity index (χ1v) is 9.46. The van der Waals surface area contributed by atoms with Crippen molar-refractivity contribution in [3.8, 4) is 5.75 Å². The van der Waals surface area contributed by atoms with E-state index in [4.69, 9.17) is 4.74 Å². The van der Waals surface area contributed by atoms with Crippen molar-refractivity contribution in [2.45, 2.75) is 32.4 Å². The van der Waals surface area contributed by atoms with Crippen molar-refractivity contribution >= 4 is 24.1 Å². The smallest absolute Gasteiger partial charge is 0.335 e. The Morgan fingerprint density at radius 3 is 2.57 bits per heavy atom. The molecular formula is C21H23N5O4. The van der Waals surface area contributed by atoms with Gasteiger partial charge in [-0.3, -0.25) is 20.3 Å². The Bertz CT molecular complexity index is 925. The Balaban J connectivity index is 1.39. The molecule has 2 aromatic rings. The number of nitrogens with zero attached hydrogens (tertiary/aromatic N) is 1. The predicted octanol–water partition coefficient (Wildman–Crippen LogP) is 1.52. The van der Waals surface area contributed by atoms with Gasteiger partial charge in [-0.15, -0.1) is 0 Å². The molecule has 3 rings (SSSR count). The van der Waals surface area contributed by atoms with Crippen LogP contribution in [0.5, 0.6) is 5.75 Å². The quantitative estimate of drug-likeness (QED) is 0.389. The standard InChI is InChI=1S/C21H23N5O4/c1-14-2-4-16(5-3-14)13-30-17-8-6-15(7-9-17)12-22-25-19(27)11-10-18-20(28)23-21(29)26-24-18/h2-9,12,18,24H,10-11,13H2,1H3,(H,25,27)(H2,23,26,28,29)/b22-12-. The van der Waals surface area contributed by atoms with E-state index in [1.54, 1.807) is 0 Å². The predicted molar refractivity (Wildman–Crippen MR) is 111 cm³/mol. The summed E-state index contributed by atoms with van der Waals surface area (Å²) in [5.41, 5.74) is 10.3. The van der Waals surface area contributed by atoms with Crippen LogP contribution in [-0.2, 0) is 16.2 Å². The Labute approximate surface area is 173 Å². The average Bonchev–Trinajstić information content (AvgIpc) is 2.74. The van der Waals surface area contributed by atoms with E-state index in [1.807, 2.05) is 55.5 Å². The maximum atomic E-state index is 11.9. The number of amides is 4. The number of urea groups is 1. The summed E-state index contributed by atoms with van der Waals surface area (Å²) < 4.78 is 5.76. The van der Waals surface area contributed by atoms with Crippen molar-refractivity contribution in [1.82, 2.24) is 21.6 Å². The van der Waals surface area contributed by atoms with Crippen molar-refractivity contribution in [2.24, 2.45) is 5.10 Å². The van der Waals surface area contributed by atoms with E-state index >= 15 is 0 Å². The second-order valence-corrected chi connectivity index (χ2v) is 6.82. The third-order valence-electron chi connectivity index (χ3n) is 4.38. The molecule has 0 spiro atoms. The largest absolute Gasteiger partial charge is 0.489 e. The van der Waals surface area contributed by atoms with Crippen LogP contribution < -0.4 is 26.3 Å². The van der Waals surface area contributed by atoms with Crippen molar-refractivity contribution in [3.63, 3.8) is 0 Å². The highest BCUT2D eigenvalue weighted by Gasteiger charge is 2.25. The number of carbonyl (C=O) groups excluding carboxylic acids is 3. The molecule has 1 fully saturated rings. The number of hydrazine groups is 1. The summed E-state index contributed by atoms with van der Waals surface area (Å²) in [4.78, 5) is 34.4. The van der Waals surface area contributed by atoms with Gasteiger partial charge in [-0.1, -0.05) is 29.8 Å². The van der Waals surface area contributed by atoms with Gasteiger partial charge in [0, 0.05) is 6.42 Å². The number of rotatable bonds is 8. The van der Waals surface area contributed by atoms with Crippen LogP contribution in [0.2, 0.25) is 0 Å². The summed E-state index contributed by atoms with van der Waals surface area (Å²) in [5.74, 6) is -0.0716. The average molecular weight is 409 g/mol. The number of imide groups is 1. The fourth-order valence-electron chi connectivity index (χ4n) is 2.66. The molecule has 1 atom stereocenters. The van der Waals surface area contributed by atoms with Crippen LogP contribution in [0, 0.1) is 6.92 Å². The molecule has 1 unspecified atom stereocenters. The van der Waals surface area contributed by atoms with Crippen LogP contribution in [-0.4, -0.2) is 30.1 Å². The first kappa shape index (κ1) is 21.0. The van der Waals surface area contributed by atoms with Crippen molar-refractivity contribution in [3.05, 3.63) is 65.2 Å². The van der Waals surface area contributed by atoms with Crippen LogP contribution in [0.3, 0.4) is 0 Å². The lowest BCUT2D eigenvalue weighted by Gasteiger charge is -2.22. The summed E-state index contributed by atoms with van der Waals surface area (Å²) in [6.07, 6.45) is 1.82. The Kier molecular flexibility index (Phi) is 7.12. The third-order valence-corrected chi connectivity index (χ3v) is 4.38. The van der Waals surface area contributed by atoms with Crippen molar-refractivity contribution in [1.29, 1.82) is 0 Å². The molecule has 4 N–H and O–H groups in total. The summed E-state index contributed by atoms with van der Waals surface area (Å²) in [6, 6.07) is 14.2. The molecule has 9 nitrogen and oxygen atoms in total. The van der Waals surface area contributed by atoms with Crippen LogP contribution >= 0.6 is 0 Å². The minimum atomic E-state index is -0.662. The lowest BCUT2D eigenvalue weighted by atomic mass is 10.1. The van der Waals surface area contributed by atoms with Gasteiger partial charge < -0.3 is 4.74 Å². The lowest BCUT2D eigenvalue weighted by Crippen LogP contribution is -2.62. The van der Waals surface area contributed by atoms with E-state index in [2.05, 4.69) is 26.7 Å². The minimum Gasteiger partial charge on any atom is -0.489 e. The monoisotopic (exact) mass is 409 g/mol. The number of ether oxygens (including phenoxy) is 1. The molecule has 1 aliphatic heterocycles. The van der Waals surface area contributed by atoms with E-state index in [-0.39, 0.29) is 18.7 Å².